The number of nitrogens with zero attached hydrogens (tertiary/aromatic N) is 2. The van der Waals surface area contributed by atoms with Crippen LogP contribution in [0.2, 0.25) is 0 Å². The SMILES string of the molecule is CCCc1nc2c(c(=O)[nH]1)CN(Cc1cc(O)cc(O)c1)CC2. The van der Waals surface area contributed by atoms with Crippen molar-refractivity contribution < 1.29 is 10.2 Å². The first-order chi connectivity index (χ1) is 11.0. The first kappa shape index (κ1) is 15.6. The molecule has 0 atom stereocenters. The van der Waals surface area contributed by atoms with E-state index in [1.807, 2.05) is 0 Å². The maximum absolute atomic E-state index is 12.3. The van der Waals surface area contributed by atoms with E-state index in [2.05, 4.69) is 21.8 Å². The fourth-order valence-electron chi connectivity index (χ4n) is 3.03. The van der Waals surface area contributed by atoms with Crippen LogP contribution in [0, 0.1) is 0 Å². The second kappa shape index (κ2) is 6.42. The fourth-order valence-corrected chi connectivity index (χ4v) is 3.03. The predicted molar refractivity (Wildman–Crippen MR) is 86.4 cm³/mol. The Morgan fingerprint density at radius 1 is 1.26 bits per heavy atom. The third-order valence-electron chi connectivity index (χ3n) is 4.05. The van der Waals surface area contributed by atoms with Crippen molar-refractivity contribution in [3.05, 3.63) is 51.2 Å². The molecule has 1 aromatic heterocycles. The van der Waals surface area contributed by atoms with E-state index in [-0.39, 0.29) is 17.1 Å². The summed E-state index contributed by atoms with van der Waals surface area (Å²) in [4.78, 5) is 21.8. The Morgan fingerprint density at radius 2 is 2.00 bits per heavy atom. The van der Waals surface area contributed by atoms with E-state index in [1.54, 1.807) is 12.1 Å². The van der Waals surface area contributed by atoms with Crippen molar-refractivity contribution in [3.63, 3.8) is 0 Å². The smallest absolute Gasteiger partial charge is 0.255 e. The van der Waals surface area contributed by atoms with Gasteiger partial charge in [-0.05, 0) is 24.1 Å². The minimum atomic E-state index is -0.0538. The minimum Gasteiger partial charge on any atom is -0.508 e. The Morgan fingerprint density at radius 3 is 2.70 bits per heavy atom. The molecule has 0 saturated carbocycles. The first-order valence-corrected chi connectivity index (χ1v) is 7.90. The van der Waals surface area contributed by atoms with Crippen LogP contribution < -0.4 is 5.56 Å². The van der Waals surface area contributed by atoms with Crippen molar-refractivity contribution in [2.75, 3.05) is 6.54 Å². The molecule has 6 heteroatoms. The minimum absolute atomic E-state index is 0.0427. The molecule has 2 aromatic rings. The number of nitrogens with one attached hydrogen (secondary N) is 1. The van der Waals surface area contributed by atoms with Crippen molar-refractivity contribution in [1.82, 2.24) is 14.9 Å². The van der Waals surface area contributed by atoms with Crippen LogP contribution >= 0.6 is 0 Å². The van der Waals surface area contributed by atoms with Gasteiger partial charge in [-0.2, -0.15) is 0 Å². The summed E-state index contributed by atoms with van der Waals surface area (Å²) in [5, 5.41) is 19.1. The number of fused-ring (bicyclic) bond motifs is 1. The summed E-state index contributed by atoms with van der Waals surface area (Å²) in [6, 6.07) is 4.56. The second-order valence-electron chi connectivity index (χ2n) is 6.01. The number of rotatable bonds is 4. The quantitative estimate of drug-likeness (QED) is 0.799. The fraction of sp³-hybridized carbons (Fsp3) is 0.412. The highest BCUT2D eigenvalue weighted by Gasteiger charge is 2.21. The molecule has 0 saturated heterocycles. The molecule has 0 radical (unpaired) electrons. The normalized spacial score (nSPS) is 14.7. The van der Waals surface area contributed by atoms with Crippen molar-refractivity contribution in [1.29, 1.82) is 0 Å². The third kappa shape index (κ3) is 3.53. The number of aromatic nitrogens is 2. The van der Waals surface area contributed by atoms with Gasteiger partial charge in [-0.1, -0.05) is 6.92 Å². The molecule has 3 N–H and O–H groups in total. The molecule has 0 fully saturated rings. The second-order valence-corrected chi connectivity index (χ2v) is 6.01. The van der Waals surface area contributed by atoms with Crippen LogP contribution in [0.1, 0.15) is 36.0 Å². The number of hydrogen-bond donors (Lipinski definition) is 3. The molecule has 0 amide bonds. The molecular weight excluding hydrogens is 294 g/mol. The summed E-state index contributed by atoms with van der Waals surface area (Å²) >= 11 is 0. The number of aromatic amines is 1. The van der Waals surface area contributed by atoms with Gasteiger partial charge in [-0.3, -0.25) is 9.69 Å². The van der Waals surface area contributed by atoms with Gasteiger partial charge in [-0.15, -0.1) is 0 Å². The average Bonchev–Trinajstić information content (AvgIpc) is 2.47. The Balaban J connectivity index is 1.79. The van der Waals surface area contributed by atoms with Gasteiger partial charge in [-0.25, -0.2) is 4.98 Å². The van der Waals surface area contributed by atoms with Gasteiger partial charge < -0.3 is 15.2 Å². The van der Waals surface area contributed by atoms with E-state index in [0.29, 0.717) is 13.1 Å². The Kier molecular flexibility index (Phi) is 4.34. The largest absolute Gasteiger partial charge is 0.508 e. The highest BCUT2D eigenvalue weighted by molar-refractivity contribution is 5.36. The van der Waals surface area contributed by atoms with Crippen LogP contribution in [-0.2, 0) is 25.9 Å². The van der Waals surface area contributed by atoms with Crippen molar-refractivity contribution in [2.45, 2.75) is 39.3 Å². The lowest BCUT2D eigenvalue weighted by atomic mass is 10.1. The zero-order chi connectivity index (χ0) is 16.4. The monoisotopic (exact) mass is 315 g/mol. The summed E-state index contributed by atoms with van der Waals surface area (Å²) in [5.74, 6) is 0.852. The molecule has 3 rings (SSSR count). The van der Waals surface area contributed by atoms with Gasteiger partial charge in [0.1, 0.15) is 17.3 Å². The number of H-pyrrole nitrogens is 1. The Bertz CT molecular complexity index is 750. The zero-order valence-corrected chi connectivity index (χ0v) is 13.2. The van der Waals surface area contributed by atoms with Crippen molar-refractivity contribution >= 4 is 0 Å². The van der Waals surface area contributed by atoms with Gasteiger partial charge in [0.2, 0.25) is 0 Å². The van der Waals surface area contributed by atoms with Crippen LogP contribution in [-0.4, -0.2) is 31.6 Å². The van der Waals surface area contributed by atoms with E-state index < -0.39 is 0 Å². The maximum atomic E-state index is 12.3. The van der Waals surface area contributed by atoms with Crippen LogP contribution in [0.3, 0.4) is 0 Å². The van der Waals surface area contributed by atoms with Crippen LogP contribution in [0.4, 0.5) is 0 Å². The van der Waals surface area contributed by atoms with Gasteiger partial charge in [0.15, 0.2) is 0 Å². The number of aromatic hydroxyl groups is 2. The van der Waals surface area contributed by atoms with Crippen LogP contribution in [0.5, 0.6) is 11.5 Å². The van der Waals surface area contributed by atoms with Gasteiger partial charge >= 0.3 is 0 Å². The van der Waals surface area contributed by atoms with Crippen molar-refractivity contribution in [2.24, 2.45) is 0 Å². The number of aryl methyl sites for hydroxylation is 1. The summed E-state index contributed by atoms with van der Waals surface area (Å²) in [7, 11) is 0. The Hall–Kier alpha value is -2.34. The summed E-state index contributed by atoms with van der Waals surface area (Å²) in [6.07, 6.45) is 2.48. The lowest BCUT2D eigenvalue weighted by molar-refractivity contribution is 0.241. The highest BCUT2D eigenvalue weighted by Crippen LogP contribution is 2.23. The molecule has 0 unspecified atom stereocenters. The standard InChI is InChI=1S/C17H21N3O3/c1-2-3-16-18-15-4-5-20(10-14(15)17(23)19-16)9-11-6-12(21)8-13(22)7-11/h6-8,21-22H,2-5,9-10H2,1H3,(H,18,19,23). The van der Waals surface area contributed by atoms with E-state index in [4.69, 9.17) is 0 Å². The first-order valence-electron chi connectivity index (χ1n) is 7.90. The molecule has 1 aliphatic rings. The highest BCUT2D eigenvalue weighted by atomic mass is 16.3. The van der Waals surface area contributed by atoms with E-state index in [9.17, 15) is 15.0 Å². The van der Waals surface area contributed by atoms with Crippen LogP contribution in [0.25, 0.3) is 0 Å². The lowest BCUT2D eigenvalue weighted by Gasteiger charge is -2.27. The van der Waals surface area contributed by atoms with Crippen molar-refractivity contribution in [3.8, 4) is 11.5 Å². The molecular formula is C17H21N3O3. The van der Waals surface area contributed by atoms with Gasteiger partial charge in [0.25, 0.3) is 5.56 Å². The molecule has 0 bridgehead atoms. The molecule has 23 heavy (non-hydrogen) atoms. The average molecular weight is 315 g/mol. The third-order valence-corrected chi connectivity index (χ3v) is 4.05. The van der Waals surface area contributed by atoms with Gasteiger partial charge in [0, 0.05) is 38.5 Å². The molecule has 1 aliphatic heterocycles. The number of hydrogen-bond acceptors (Lipinski definition) is 5. The molecule has 0 spiro atoms. The summed E-state index contributed by atoms with van der Waals surface area (Å²) in [6.45, 7) is 3.95. The number of benzene rings is 1. The number of phenols is 2. The lowest BCUT2D eigenvalue weighted by Crippen LogP contribution is -2.35. The summed E-state index contributed by atoms with van der Waals surface area (Å²) < 4.78 is 0. The van der Waals surface area contributed by atoms with Crippen LogP contribution in [0.15, 0.2) is 23.0 Å². The topological polar surface area (TPSA) is 89.5 Å². The number of phenolic OH excluding ortho intramolecular Hbond substituents is 2. The van der Waals surface area contributed by atoms with E-state index in [1.165, 1.54) is 6.07 Å². The molecule has 6 nitrogen and oxygen atoms in total. The molecule has 2 heterocycles. The van der Waals surface area contributed by atoms with Gasteiger partial charge in [0.05, 0.1) is 11.3 Å². The molecule has 0 aliphatic carbocycles. The van der Waals surface area contributed by atoms with E-state index >= 15 is 0 Å². The summed E-state index contributed by atoms with van der Waals surface area (Å²) in [5.41, 5.74) is 2.38. The molecule has 1 aromatic carbocycles. The van der Waals surface area contributed by atoms with E-state index in [0.717, 1.165) is 48.5 Å². The predicted octanol–water partition coefficient (Wildman–Crippen LogP) is 1.69. The molecule has 122 valence electrons. The zero-order valence-electron chi connectivity index (χ0n) is 13.2. The Labute approximate surface area is 134 Å². The maximum Gasteiger partial charge on any atom is 0.255 e.